The molecule has 1 atom stereocenters. The van der Waals surface area contributed by atoms with Gasteiger partial charge in [0.15, 0.2) is 11.5 Å². The van der Waals surface area contributed by atoms with E-state index in [-0.39, 0.29) is 18.2 Å². The Hall–Kier alpha value is -2.65. The number of benzene rings is 1. The van der Waals surface area contributed by atoms with E-state index in [1.54, 1.807) is 12.1 Å². The standard InChI is InChI=1S/C15H22N4O5/c1-22-12-4-10(5-13(23-2)14(12)24-3)18-7-11(15(18)21)19(17)6-9(16)8-20/h4-6,11,20H,7-8,16-17H2,1-3H3/b9-6-. The number of nitrogens with zero attached hydrogens (tertiary/aromatic N) is 2. The number of hydrogen-bond donors (Lipinski definition) is 3. The molecule has 0 radical (unpaired) electrons. The smallest absolute Gasteiger partial charge is 0.253 e. The number of methoxy groups -OCH3 is 3. The van der Waals surface area contributed by atoms with Gasteiger partial charge >= 0.3 is 0 Å². The lowest BCUT2D eigenvalue weighted by Gasteiger charge is -2.42. The lowest BCUT2D eigenvalue weighted by molar-refractivity contribution is -0.127. The van der Waals surface area contributed by atoms with E-state index in [4.69, 9.17) is 30.9 Å². The van der Waals surface area contributed by atoms with E-state index in [1.807, 2.05) is 0 Å². The Kier molecular flexibility index (Phi) is 5.37. The fraction of sp³-hybridized carbons (Fsp3) is 0.400. The van der Waals surface area contributed by atoms with Crippen molar-refractivity contribution in [3.8, 4) is 17.2 Å². The van der Waals surface area contributed by atoms with Crippen LogP contribution in [0.25, 0.3) is 0 Å². The minimum atomic E-state index is -0.547. The SMILES string of the molecule is COc1cc(N2CC(N(N)/C=C(\N)CO)C2=O)cc(OC)c1OC. The summed E-state index contributed by atoms with van der Waals surface area (Å²) in [6.45, 7) is 0.0361. The number of ether oxygens (including phenoxy) is 3. The third-order valence-corrected chi connectivity index (χ3v) is 3.73. The highest BCUT2D eigenvalue weighted by Gasteiger charge is 2.41. The maximum atomic E-state index is 12.4. The number of anilines is 1. The Bertz CT molecular complexity index is 624. The molecule has 5 N–H and O–H groups in total. The zero-order chi connectivity index (χ0) is 17.9. The van der Waals surface area contributed by atoms with Crippen molar-refractivity contribution in [3.63, 3.8) is 0 Å². The van der Waals surface area contributed by atoms with Gasteiger partial charge in [0.2, 0.25) is 5.75 Å². The van der Waals surface area contributed by atoms with Crippen LogP contribution in [0.1, 0.15) is 0 Å². The summed E-state index contributed by atoms with van der Waals surface area (Å²) in [6, 6.07) is 2.83. The Labute approximate surface area is 139 Å². The Balaban J connectivity index is 2.21. The molecule has 1 aliphatic rings. The number of hydrogen-bond acceptors (Lipinski definition) is 8. The lowest BCUT2D eigenvalue weighted by Crippen LogP contribution is -2.64. The molecule has 1 fully saturated rings. The predicted octanol–water partition coefficient (Wildman–Crippen LogP) is -0.604. The fourth-order valence-electron chi connectivity index (χ4n) is 2.41. The van der Waals surface area contributed by atoms with Gasteiger partial charge in [-0.1, -0.05) is 0 Å². The number of rotatable bonds is 7. The van der Waals surface area contributed by atoms with E-state index in [0.717, 1.165) is 0 Å². The zero-order valence-electron chi connectivity index (χ0n) is 13.9. The Morgan fingerprint density at radius 2 is 1.92 bits per heavy atom. The average Bonchev–Trinajstić information content (AvgIpc) is 2.58. The minimum absolute atomic E-state index is 0.177. The van der Waals surface area contributed by atoms with Gasteiger partial charge in [-0.25, -0.2) is 5.84 Å². The van der Waals surface area contributed by atoms with Crippen LogP contribution in [0.4, 0.5) is 5.69 Å². The van der Waals surface area contributed by atoms with Crippen molar-refractivity contribution >= 4 is 11.6 Å². The zero-order valence-corrected chi connectivity index (χ0v) is 13.9. The number of hydrazine groups is 1. The molecule has 9 nitrogen and oxygen atoms in total. The summed E-state index contributed by atoms with van der Waals surface area (Å²) in [7, 11) is 4.52. The second-order valence-corrected chi connectivity index (χ2v) is 5.16. The van der Waals surface area contributed by atoms with Crippen LogP contribution in [0.2, 0.25) is 0 Å². The molecule has 0 bridgehead atoms. The summed E-state index contributed by atoms with van der Waals surface area (Å²) < 4.78 is 15.8. The fourth-order valence-corrected chi connectivity index (χ4v) is 2.41. The van der Waals surface area contributed by atoms with Gasteiger partial charge in [-0.15, -0.1) is 0 Å². The number of amides is 1. The van der Waals surface area contributed by atoms with Crippen LogP contribution in [-0.4, -0.2) is 56.5 Å². The number of carbonyl (C=O) groups excluding carboxylic acids is 1. The molecule has 0 spiro atoms. The van der Waals surface area contributed by atoms with Crippen molar-refractivity contribution in [2.24, 2.45) is 11.6 Å². The van der Waals surface area contributed by atoms with E-state index < -0.39 is 6.04 Å². The topological polar surface area (TPSA) is 124 Å². The molecule has 0 aromatic heterocycles. The summed E-state index contributed by atoms with van der Waals surface area (Å²) in [5, 5.41) is 10.1. The van der Waals surface area contributed by atoms with Crippen LogP contribution >= 0.6 is 0 Å². The van der Waals surface area contributed by atoms with Crippen LogP contribution in [0.3, 0.4) is 0 Å². The molecule has 1 unspecified atom stereocenters. The lowest BCUT2D eigenvalue weighted by atomic mass is 10.1. The van der Waals surface area contributed by atoms with E-state index in [9.17, 15) is 4.79 Å². The molecular formula is C15H22N4O5. The molecule has 1 saturated heterocycles. The predicted molar refractivity (Wildman–Crippen MR) is 87.6 cm³/mol. The van der Waals surface area contributed by atoms with Crippen molar-refractivity contribution in [3.05, 3.63) is 24.0 Å². The van der Waals surface area contributed by atoms with Gasteiger partial charge in [0.1, 0.15) is 6.04 Å². The van der Waals surface area contributed by atoms with Crippen LogP contribution in [0, 0.1) is 0 Å². The summed E-state index contributed by atoms with van der Waals surface area (Å²) in [5.74, 6) is 6.96. The first-order chi connectivity index (χ1) is 11.5. The maximum absolute atomic E-state index is 12.4. The molecule has 1 aromatic carbocycles. The van der Waals surface area contributed by atoms with E-state index in [2.05, 4.69) is 0 Å². The van der Waals surface area contributed by atoms with E-state index in [1.165, 1.54) is 37.4 Å². The number of carbonyl (C=O) groups is 1. The molecule has 24 heavy (non-hydrogen) atoms. The largest absolute Gasteiger partial charge is 0.493 e. The average molecular weight is 338 g/mol. The molecule has 1 amide bonds. The monoisotopic (exact) mass is 338 g/mol. The summed E-state index contributed by atoms with van der Waals surface area (Å²) in [6.07, 6.45) is 1.34. The number of aliphatic hydroxyl groups is 1. The molecule has 1 aromatic rings. The molecule has 0 saturated carbocycles. The van der Waals surface area contributed by atoms with Crippen molar-refractivity contribution in [2.75, 3.05) is 39.4 Å². The summed E-state index contributed by atoms with van der Waals surface area (Å²) in [4.78, 5) is 13.9. The van der Waals surface area contributed by atoms with Crippen LogP contribution in [0.5, 0.6) is 17.2 Å². The Morgan fingerprint density at radius 3 is 2.33 bits per heavy atom. The highest BCUT2D eigenvalue weighted by molar-refractivity contribution is 6.04. The van der Waals surface area contributed by atoms with Gasteiger partial charge in [-0.3, -0.25) is 4.79 Å². The summed E-state index contributed by atoms with van der Waals surface area (Å²) >= 11 is 0. The van der Waals surface area contributed by atoms with Gasteiger partial charge in [0, 0.05) is 18.3 Å². The highest BCUT2D eigenvalue weighted by Crippen LogP contribution is 2.42. The molecule has 0 aliphatic carbocycles. The third-order valence-electron chi connectivity index (χ3n) is 3.73. The molecule has 132 valence electrons. The van der Waals surface area contributed by atoms with Crippen molar-refractivity contribution in [1.82, 2.24) is 5.01 Å². The van der Waals surface area contributed by atoms with Gasteiger partial charge in [-0.2, -0.15) is 0 Å². The van der Waals surface area contributed by atoms with Crippen molar-refractivity contribution < 1.29 is 24.1 Å². The van der Waals surface area contributed by atoms with Crippen LogP contribution in [-0.2, 0) is 4.79 Å². The van der Waals surface area contributed by atoms with Gasteiger partial charge in [0.05, 0.1) is 45.9 Å². The van der Waals surface area contributed by atoms with E-state index in [0.29, 0.717) is 29.5 Å². The van der Waals surface area contributed by atoms with Crippen molar-refractivity contribution in [1.29, 1.82) is 0 Å². The first-order valence-electron chi connectivity index (χ1n) is 7.18. The molecule has 1 heterocycles. The quantitative estimate of drug-likeness (QED) is 0.342. The van der Waals surface area contributed by atoms with Gasteiger partial charge in [-0.05, 0) is 0 Å². The second kappa shape index (κ2) is 7.28. The number of nitrogens with two attached hydrogens (primary N) is 2. The minimum Gasteiger partial charge on any atom is -0.493 e. The Morgan fingerprint density at radius 1 is 1.33 bits per heavy atom. The molecule has 1 aliphatic heterocycles. The van der Waals surface area contributed by atoms with Crippen molar-refractivity contribution in [2.45, 2.75) is 6.04 Å². The second-order valence-electron chi connectivity index (χ2n) is 5.16. The summed E-state index contributed by atoms with van der Waals surface area (Å²) in [5.41, 5.74) is 6.29. The first-order valence-corrected chi connectivity index (χ1v) is 7.18. The first kappa shape index (κ1) is 17.7. The van der Waals surface area contributed by atoms with Gasteiger partial charge in [0.25, 0.3) is 5.91 Å². The van der Waals surface area contributed by atoms with Crippen LogP contribution < -0.4 is 30.7 Å². The highest BCUT2D eigenvalue weighted by atomic mass is 16.5. The van der Waals surface area contributed by atoms with Crippen LogP contribution in [0.15, 0.2) is 24.0 Å². The third kappa shape index (κ3) is 3.17. The normalized spacial score (nSPS) is 17.4. The number of β-lactam (4-membered cyclic amide) rings is 1. The number of aliphatic hydroxyl groups excluding tert-OH is 1. The van der Waals surface area contributed by atoms with E-state index >= 15 is 0 Å². The van der Waals surface area contributed by atoms with Gasteiger partial charge < -0.3 is 35.0 Å². The maximum Gasteiger partial charge on any atom is 0.253 e. The molecule has 9 heteroatoms. The molecule has 2 rings (SSSR count). The molecular weight excluding hydrogens is 316 g/mol.